The molecule has 5 unspecified atom stereocenters. The summed E-state index contributed by atoms with van der Waals surface area (Å²) >= 11 is 0. The summed E-state index contributed by atoms with van der Waals surface area (Å²) in [5.74, 6) is 0.408. The number of nitrogens with one attached hydrogen (secondary N) is 4. The molecule has 0 radical (unpaired) electrons. The lowest BCUT2D eigenvalue weighted by Gasteiger charge is -2.25. The number of aliphatic hydroxyl groups is 1. The van der Waals surface area contributed by atoms with Gasteiger partial charge >= 0.3 is 6.03 Å². The molecule has 3 rings (SSSR count). The average Bonchev–Trinajstić information content (AvgIpc) is 3.20. The number of urea groups is 1. The van der Waals surface area contributed by atoms with Crippen LogP contribution in [0.25, 0.3) is 0 Å². The van der Waals surface area contributed by atoms with E-state index in [-0.39, 0.29) is 18.5 Å². The van der Waals surface area contributed by atoms with Crippen LogP contribution in [0.2, 0.25) is 0 Å². The monoisotopic (exact) mass is 310 g/mol. The number of carbonyl (C=O) groups excluding carboxylic acids is 3. The minimum Gasteiger partial charge on any atom is -0.394 e. The Kier molecular flexibility index (Phi) is 4.19. The number of hydrogen-bond donors (Lipinski definition) is 5. The van der Waals surface area contributed by atoms with E-state index in [1.807, 2.05) is 0 Å². The Labute approximate surface area is 128 Å². The molecular weight excluding hydrogens is 288 g/mol. The summed E-state index contributed by atoms with van der Waals surface area (Å²) in [5.41, 5.74) is 0. The number of carbonyl (C=O) groups is 3. The van der Waals surface area contributed by atoms with E-state index >= 15 is 0 Å². The van der Waals surface area contributed by atoms with Crippen molar-refractivity contribution in [2.75, 3.05) is 13.2 Å². The van der Waals surface area contributed by atoms with Gasteiger partial charge in [-0.1, -0.05) is 6.42 Å². The van der Waals surface area contributed by atoms with Crippen LogP contribution in [-0.4, -0.2) is 54.2 Å². The smallest absolute Gasteiger partial charge is 0.315 e. The molecule has 8 nitrogen and oxygen atoms in total. The molecule has 22 heavy (non-hydrogen) atoms. The van der Waals surface area contributed by atoms with E-state index in [9.17, 15) is 19.5 Å². The van der Waals surface area contributed by atoms with Crippen molar-refractivity contribution in [2.45, 2.75) is 43.8 Å². The van der Waals surface area contributed by atoms with Crippen LogP contribution in [0.4, 0.5) is 4.79 Å². The zero-order valence-electron chi connectivity index (χ0n) is 12.3. The van der Waals surface area contributed by atoms with E-state index in [0.29, 0.717) is 11.8 Å². The summed E-state index contributed by atoms with van der Waals surface area (Å²) in [6, 6.07) is -1.95. The van der Waals surface area contributed by atoms with Crippen LogP contribution in [-0.2, 0) is 9.59 Å². The maximum atomic E-state index is 12.2. The Balaban J connectivity index is 1.51. The largest absolute Gasteiger partial charge is 0.394 e. The Hall–Kier alpha value is -1.83. The molecule has 1 aliphatic heterocycles. The Morgan fingerprint density at radius 2 is 2.14 bits per heavy atom. The van der Waals surface area contributed by atoms with Crippen LogP contribution in [0.3, 0.4) is 0 Å². The van der Waals surface area contributed by atoms with Crippen molar-refractivity contribution in [1.82, 2.24) is 21.3 Å². The molecule has 0 spiro atoms. The van der Waals surface area contributed by atoms with Crippen molar-refractivity contribution in [1.29, 1.82) is 0 Å². The standard InChI is InChI=1S/C14H22N4O4/c19-6-11(17-12(20)10-5-15-14(22)18-10)13(21)16-9-4-7-1-2-8(9)3-7/h7-11,19H,1-6H2,(H,16,21)(H,17,20)(H2,15,18,22). The number of amides is 4. The normalized spacial score (nSPS) is 34.0. The van der Waals surface area contributed by atoms with Gasteiger partial charge in [-0.3, -0.25) is 9.59 Å². The predicted octanol–water partition coefficient (Wildman–Crippen LogP) is -1.55. The van der Waals surface area contributed by atoms with E-state index in [0.717, 1.165) is 12.8 Å². The lowest BCUT2D eigenvalue weighted by Crippen LogP contribution is -2.55. The quantitative estimate of drug-likeness (QED) is 0.422. The lowest BCUT2D eigenvalue weighted by molar-refractivity contribution is -0.131. The van der Waals surface area contributed by atoms with Gasteiger partial charge in [0.2, 0.25) is 11.8 Å². The van der Waals surface area contributed by atoms with E-state index in [1.54, 1.807) is 0 Å². The van der Waals surface area contributed by atoms with Gasteiger partial charge in [-0.2, -0.15) is 0 Å². The van der Waals surface area contributed by atoms with Gasteiger partial charge in [0.1, 0.15) is 12.1 Å². The molecule has 4 amide bonds. The van der Waals surface area contributed by atoms with Crippen molar-refractivity contribution in [2.24, 2.45) is 11.8 Å². The van der Waals surface area contributed by atoms with Gasteiger partial charge in [-0.15, -0.1) is 0 Å². The molecule has 2 aliphatic carbocycles. The van der Waals surface area contributed by atoms with Crippen molar-refractivity contribution in [3.63, 3.8) is 0 Å². The second-order valence-electron chi connectivity index (χ2n) is 6.44. The minimum absolute atomic E-state index is 0.157. The first kappa shape index (κ1) is 15.1. The van der Waals surface area contributed by atoms with Crippen LogP contribution in [0, 0.1) is 11.8 Å². The van der Waals surface area contributed by atoms with Crippen LogP contribution in [0.5, 0.6) is 0 Å². The lowest BCUT2D eigenvalue weighted by atomic mass is 9.95. The van der Waals surface area contributed by atoms with Crippen molar-refractivity contribution >= 4 is 17.8 Å². The number of fused-ring (bicyclic) bond motifs is 2. The zero-order chi connectivity index (χ0) is 15.7. The molecule has 122 valence electrons. The second-order valence-corrected chi connectivity index (χ2v) is 6.44. The van der Waals surface area contributed by atoms with Crippen LogP contribution in [0.1, 0.15) is 25.7 Å². The highest BCUT2D eigenvalue weighted by Gasteiger charge is 2.41. The Bertz CT molecular complexity index is 483. The maximum Gasteiger partial charge on any atom is 0.315 e. The average molecular weight is 310 g/mol. The van der Waals surface area contributed by atoms with Crippen molar-refractivity contribution in [3.8, 4) is 0 Å². The SMILES string of the molecule is O=C1NCC(C(=O)NC(CO)C(=O)NC2CC3CCC2C3)N1. The molecule has 1 heterocycles. The molecule has 0 aromatic carbocycles. The first-order valence-corrected chi connectivity index (χ1v) is 7.82. The summed E-state index contributed by atoms with van der Waals surface area (Å²) in [5, 5.41) is 19.7. The molecule has 8 heteroatoms. The van der Waals surface area contributed by atoms with Crippen LogP contribution >= 0.6 is 0 Å². The van der Waals surface area contributed by atoms with E-state index < -0.39 is 30.6 Å². The van der Waals surface area contributed by atoms with Gasteiger partial charge in [-0.05, 0) is 31.1 Å². The van der Waals surface area contributed by atoms with E-state index in [4.69, 9.17) is 0 Å². The van der Waals surface area contributed by atoms with Gasteiger partial charge in [0.25, 0.3) is 0 Å². The molecule has 2 bridgehead atoms. The van der Waals surface area contributed by atoms with Crippen LogP contribution in [0.15, 0.2) is 0 Å². The number of rotatable bonds is 5. The van der Waals surface area contributed by atoms with E-state index in [1.165, 1.54) is 12.8 Å². The molecule has 3 aliphatic rings. The summed E-state index contributed by atoms with van der Waals surface area (Å²) in [6.45, 7) is -0.288. The number of hydrogen-bond acceptors (Lipinski definition) is 4. The molecule has 0 aromatic rings. The molecular formula is C14H22N4O4. The summed E-state index contributed by atoms with van der Waals surface area (Å²) in [4.78, 5) is 35.2. The van der Waals surface area contributed by atoms with Gasteiger partial charge in [0.15, 0.2) is 0 Å². The van der Waals surface area contributed by atoms with Crippen molar-refractivity contribution < 1.29 is 19.5 Å². The maximum absolute atomic E-state index is 12.2. The molecule has 0 aromatic heterocycles. The third-order valence-corrected chi connectivity index (χ3v) is 4.97. The molecule has 5 N–H and O–H groups in total. The second kappa shape index (κ2) is 6.12. The fourth-order valence-electron chi connectivity index (χ4n) is 3.78. The molecule has 3 fully saturated rings. The minimum atomic E-state index is -0.982. The fraction of sp³-hybridized carbons (Fsp3) is 0.786. The first-order chi connectivity index (χ1) is 10.6. The highest BCUT2D eigenvalue weighted by Crippen LogP contribution is 2.44. The molecule has 2 saturated carbocycles. The highest BCUT2D eigenvalue weighted by atomic mass is 16.3. The number of aliphatic hydroxyl groups excluding tert-OH is 1. The third kappa shape index (κ3) is 3.01. The zero-order valence-corrected chi connectivity index (χ0v) is 12.3. The topological polar surface area (TPSA) is 120 Å². The van der Waals surface area contributed by atoms with Gasteiger partial charge in [0.05, 0.1) is 6.61 Å². The van der Waals surface area contributed by atoms with Crippen LogP contribution < -0.4 is 21.3 Å². The Morgan fingerprint density at radius 3 is 2.68 bits per heavy atom. The first-order valence-electron chi connectivity index (χ1n) is 7.82. The van der Waals surface area contributed by atoms with Gasteiger partial charge in [0, 0.05) is 12.6 Å². The highest BCUT2D eigenvalue weighted by molar-refractivity contribution is 5.93. The summed E-state index contributed by atoms with van der Waals surface area (Å²) in [6.07, 6.45) is 4.54. The van der Waals surface area contributed by atoms with Gasteiger partial charge in [-0.25, -0.2) is 4.79 Å². The molecule has 5 atom stereocenters. The summed E-state index contributed by atoms with van der Waals surface area (Å²) < 4.78 is 0. The van der Waals surface area contributed by atoms with E-state index in [2.05, 4.69) is 21.3 Å². The van der Waals surface area contributed by atoms with Gasteiger partial charge < -0.3 is 26.4 Å². The fourth-order valence-corrected chi connectivity index (χ4v) is 3.78. The van der Waals surface area contributed by atoms with Crippen molar-refractivity contribution in [3.05, 3.63) is 0 Å². The summed E-state index contributed by atoms with van der Waals surface area (Å²) in [7, 11) is 0. The molecule has 1 saturated heterocycles. The Morgan fingerprint density at radius 1 is 1.32 bits per heavy atom. The predicted molar refractivity (Wildman–Crippen MR) is 76.7 cm³/mol. The third-order valence-electron chi connectivity index (χ3n) is 4.97.